The summed E-state index contributed by atoms with van der Waals surface area (Å²) in [4.78, 5) is 2.13. The lowest BCUT2D eigenvalue weighted by molar-refractivity contribution is 1.12. The van der Waals surface area contributed by atoms with Crippen molar-refractivity contribution in [3.63, 3.8) is 0 Å². The van der Waals surface area contributed by atoms with Crippen molar-refractivity contribution in [3.05, 3.63) is 53.6 Å². The molecule has 3 rings (SSSR count). The first-order chi connectivity index (χ1) is 8.18. The van der Waals surface area contributed by atoms with E-state index in [0.29, 0.717) is 0 Å². The molecule has 0 saturated heterocycles. The molecular weight excluding hydrogens is 226 g/mol. The van der Waals surface area contributed by atoms with E-state index in [0.717, 1.165) is 0 Å². The molecule has 0 aromatic heterocycles. The van der Waals surface area contributed by atoms with E-state index in [2.05, 4.69) is 61.5 Å². The van der Waals surface area contributed by atoms with Gasteiger partial charge in [0.2, 0.25) is 0 Å². The van der Waals surface area contributed by atoms with Crippen LogP contribution in [0.4, 0.5) is 5.69 Å². The van der Waals surface area contributed by atoms with Gasteiger partial charge in [-0.05, 0) is 34.4 Å². The van der Waals surface area contributed by atoms with Crippen LogP contribution in [-0.4, -0.2) is 14.1 Å². The quantitative estimate of drug-likeness (QED) is 0.744. The monoisotopic (exact) mass is 241 g/mol. The number of anilines is 1. The highest BCUT2D eigenvalue weighted by Crippen LogP contribution is 2.47. The van der Waals surface area contributed by atoms with Crippen molar-refractivity contribution in [2.75, 3.05) is 19.0 Å². The van der Waals surface area contributed by atoms with Crippen LogP contribution in [0.2, 0.25) is 0 Å². The molecule has 0 fully saturated rings. The van der Waals surface area contributed by atoms with E-state index < -0.39 is 0 Å². The minimum atomic E-state index is 0.209. The molecule has 1 aliphatic carbocycles. The molecule has 1 aliphatic rings. The van der Waals surface area contributed by atoms with E-state index in [-0.39, 0.29) is 5.25 Å². The van der Waals surface area contributed by atoms with Gasteiger partial charge in [-0.1, -0.05) is 30.3 Å². The van der Waals surface area contributed by atoms with Gasteiger partial charge in [-0.15, -0.1) is 0 Å². The third-order valence-corrected chi connectivity index (χ3v) is 3.95. The molecular formula is C15H15NS. The molecule has 2 aromatic carbocycles. The first kappa shape index (κ1) is 10.7. The zero-order chi connectivity index (χ0) is 12.0. The maximum Gasteiger partial charge on any atom is 0.0529 e. The summed E-state index contributed by atoms with van der Waals surface area (Å²) in [6, 6.07) is 15.1. The van der Waals surface area contributed by atoms with Crippen LogP contribution in [-0.2, 0) is 0 Å². The van der Waals surface area contributed by atoms with Crippen molar-refractivity contribution < 1.29 is 0 Å². The predicted octanol–water partition coefficient (Wildman–Crippen LogP) is 3.75. The van der Waals surface area contributed by atoms with Crippen LogP contribution < -0.4 is 4.90 Å². The molecule has 0 radical (unpaired) electrons. The Kier molecular flexibility index (Phi) is 2.40. The zero-order valence-electron chi connectivity index (χ0n) is 10.0. The molecule has 17 heavy (non-hydrogen) atoms. The lowest BCUT2D eigenvalue weighted by Gasteiger charge is -2.15. The van der Waals surface area contributed by atoms with E-state index in [1.54, 1.807) is 0 Å². The summed E-state index contributed by atoms with van der Waals surface area (Å²) in [5.74, 6) is 0. The first-order valence-corrected chi connectivity index (χ1v) is 6.29. The average Bonchev–Trinajstić information content (AvgIpc) is 2.64. The van der Waals surface area contributed by atoms with Crippen LogP contribution >= 0.6 is 12.6 Å². The van der Waals surface area contributed by atoms with E-state index in [4.69, 9.17) is 12.6 Å². The summed E-state index contributed by atoms with van der Waals surface area (Å²) < 4.78 is 0. The van der Waals surface area contributed by atoms with E-state index in [1.165, 1.54) is 27.9 Å². The summed E-state index contributed by atoms with van der Waals surface area (Å²) in [5.41, 5.74) is 6.53. The highest BCUT2D eigenvalue weighted by molar-refractivity contribution is 7.80. The Morgan fingerprint density at radius 3 is 2.41 bits per heavy atom. The second-order valence-electron chi connectivity index (χ2n) is 4.66. The van der Waals surface area contributed by atoms with Crippen molar-refractivity contribution in [1.82, 2.24) is 0 Å². The topological polar surface area (TPSA) is 3.24 Å². The molecule has 0 heterocycles. The molecule has 0 unspecified atom stereocenters. The van der Waals surface area contributed by atoms with Gasteiger partial charge in [0.05, 0.1) is 5.25 Å². The van der Waals surface area contributed by atoms with Gasteiger partial charge in [-0.25, -0.2) is 0 Å². The van der Waals surface area contributed by atoms with E-state index in [9.17, 15) is 0 Å². The number of benzene rings is 2. The van der Waals surface area contributed by atoms with Crippen LogP contribution in [0.3, 0.4) is 0 Å². The van der Waals surface area contributed by atoms with Gasteiger partial charge < -0.3 is 4.90 Å². The van der Waals surface area contributed by atoms with Gasteiger partial charge in [0.1, 0.15) is 0 Å². The Balaban J connectivity index is 2.20. The molecule has 86 valence electrons. The second-order valence-corrected chi connectivity index (χ2v) is 5.17. The van der Waals surface area contributed by atoms with Gasteiger partial charge in [0.25, 0.3) is 0 Å². The summed E-state index contributed by atoms with van der Waals surface area (Å²) in [6.45, 7) is 0. The maximum absolute atomic E-state index is 4.75. The number of nitrogens with zero attached hydrogens (tertiary/aromatic N) is 1. The standard InChI is InChI=1S/C15H15NS/c1-16(2)10-7-8-12-11-5-3-4-6-13(11)15(17)14(12)9-10/h3-9,15,17H,1-2H3/t15-/m0/s1. The van der Waals surface area contributed by atoms with Crippen LogP contribution in [0, 0.1) is 0 Å². The highest BCUT2D eigenvalue weighted by Gasteiger charge is 2.25. The van der Waals surface area contributed by atoms with Crippen LogP contribution in [0.1, 0.15) is 16.4 Å². The zero-order valence-corrected chi connectivity index (χ0v) is 10.9. The van der Waals surface area contributed by atoms with Gasteiger partial charge in [0, 0.05) is 19.8 Å². The number of fused-ring (bicyclic) bond motifs is 3. The molecule has 0 spiro atoms. The molecule has 0 saturated carbocycles. The lowest BCUT2D eigenvalue weighted by Crippen LogP contribution is -2.08. The molecule has 0 aliphatic heterocycles. The SMILES string of the molecule is CN(C)c1ccc2c(c1)[C@@H](S)c1ccccc1-2. The number of thiol groups is 1. The summed E-state index contributed by atoms with van der Waals surface area (Å²) in [7, 11) is 4.13. The number of rotatable bonds is 1. The normalized spacial score (nSPS) is 16.5. The van der Waals surface area contributed by atoms with Crippen molar-refractivity contribution in [3.8, 4) is 11.1 Å². The van der Waals surface area contributed by atoms with Crippen molar-refractivity contribution in [2.45, 2.75) is 5.25 Å². The van der Waals surface area contributed by atoms with Gasteiger partial charge >= 0.3 is 0 Å². The second kappa shape index (κ2) is 3.81. The number of hydrogen-bond acceptors (Lipinski definition) is 2. The summed E-state index contributed by atoms with van der Waals surface area (Å²) in [5, 5.41) is 0.209. The van der Waals surface area contributed by atoms with Crippen molar-refractivity contribution >= 4 is 18.3 Å². The Morgan fingerprint density at radius 1 is 0.941 bits per heavy atom. The minimum Gasteiger partial charge on any atom is -0.378 e. The van der Waals surface area contributed by atoms with Gasteiger partial charge in [-0.3, -0.25) is 0 Å². The molecule has 0 bridgehead atoms. The smallest absolute Gasteiger partial charge is 0.0529 e. The molecule has 0 amide bonds. The number of hydrogen-bond donors (Lipinski definition) is 1. The van der Waals surface area contributed by atoms with Crippen molar-refractivity contribution in [2.24, 2.45) is 0 Å². The third kappa shape index (κ3) is 1.55. The van der Waals surface area contributed by atoms with Crippen LogP contribution in [0.15, 0.2) is 42.5 Å². The Bertz CT molecular complexity index is 575. The molecule has 2 aromatic rings. The fraction of sp³-hybridized carbons (Fsp3) is 0.200. The highest BCUT2D eigenvalue weighted by atomic mass is 32.1. The molecule has 1 nitrogen and oxygen atoms in total. The lowest BCUT2D eigenvalue weighted by atomic mass is 10.1. The van der Waals surface area contributed by atoms with E-state index >= 15 is 0 Å². The third-order valence-electron chi connectivity index (χ3n) is 3.39. The maximum atomic E-state index is 4.75. The van der Waals surface area contributed by atoms with Crippen LogP contribution in [0.25, 0.3) is 11.1 Å². The Hall–Kier alpha value is -1.41. The fourth-order valence-electron chi connectivity index (χ4n) is 2.45. The Morgan fingerprint density at radius 2 is 1.65 bits per heavy atom. The minimum absolute atomic E-state index is 0.209. The molecule has 2 heteroatoms. The predicted molar refractivity (Wildman–Crippen MR) is 77.0 cm³/mol. The summed E-state index contributed by atoms with van der Waals surface area (Å²) in [6.07, 6.45) is 0. The molecule has 0 N–H and O–H groups in total. The largest absolute Gasteiger partial charge is 0.378 e. The fourth-order valence-corrected chi connectivity index (χ4v) is 2.89. The molecule has 1 atom stereocenters. The Labute approximate surface area is 107 Å². The summed E-state index contributed by atoms with van der Waals surface area (Å²) >= 11 is 4.75. The van der Waals surface area contributed by atoms with Gasteiger partial charge in [0.15, 0.2) is 0 Å². The van der Waals surface area contributed by atoms with Crippen molar-refractivity contribution in [1.29, 1.82) is 0 Å². The van der Waals surface area contributed by atoms with E-state index in [1.807, 2.05) is 0 Å². The first-order valence-electron chi connectivity index (χ1n) is 5.77. The van der Waals surface area contributed by atoms with Crippen LogP contribution in [0.5, 0.6) is 0 Å². The van der Waals surface area contributed by atoms with Gasteiger partial charge in [-0.2, -0.15) is 12.6 Å². The average molecular weight is 241 g/mol.